The van der Waals surface area contributed by atoms with Gasteiger partial charge < -0.3 is 24.6 Å². The molecule has 0 saturated heterocycles. The van der Waals surface area contributed by atoms with Crippen molar-refractivity contribution in [3.8, 4) is 11.5 Å². The first-order valence-electron chi connectivity index (χ1n) is 7.35. The lowest BCUT2D eigenvalue weighted by molar-refractivity contribution is 0.0434. The van der Waals surface area contributed by atoms with Crippen LogP contribution in [-0.4, -0.2) is 30.4 Å². The quantitative estimate of drug-likeness (QED) is 0.845. The summed E-state index contributed by atoms with van der Waals surface area (Å²) in [4.78, 5) is 11.8. The van der Waals surface area contributed by atoms with Crippen LogP contribution >= 0.6 is 0 Å². The third-order valence-electron chi connectivity index (χ3n) is 3.85. The van der Waals surface area contributed by atoms with Crippen molar-refractivity contribution in [3.05, 3.63) is 53.6 Å². The van der Waals surface area contributed by atoms with Crippen LogP contribution in [0.5, 0.6) is 11.5 Å². The largest absolute Gasteiger partial charge is 0.486 e. The summed E-state index contributed by atoms with van der Waals surface area (Å²) in [6.45, 7) is 0.211. The Morgan fingerprint density at radius 3 is 2.87 bits per heavy atom. The van der Waals surface area contributed by atoms with Gasteiger partial charge in [-0.15, -0.1) is 0 Å². The lowest BCUT2D eigenvalue weighted by atomic mass is 10.1. The average molecular weight is 313 g/mol. The third kappa shape index (κ3) is 2.47. The van der Waals surface area contributed by atoms with Crippen LogP contribution in [0.15, 0.2) is 42.5 Å². The fraction of sp³-hybridized carbons (Fsp3) is 0.235. The van der Waals surface area contributed by atoms with E-state index < -0.39 is 6.23 Å². The van der Waals surface area contributed by atoms with Gasteiger partial charge in [0.05, 0.1) is 12.2 Å². The van der Waals surface area contributed by atoms with Crippen molar-refractivity contribution in [2.75, 3.05) is 18.5 Å². The molecular formula is C17H15NO5. The van der Waals surface area contributed by atoms with E-state index in [1.807, 2.05) is 24.3 Å². The van der Waals surface area contributed by atoms with Crippen LogP contribution in [0.4, 0.5) is 5.69 Å². The first kappa shape index (κ1) is 13.9. The van der Waals surface area contributed by atoms with E-state index in [1.165, 1.54) is 0 Å². The molecule has 2 heterocycles. The summed E-state index contributed by atoms with van der Waals surface area (Å²) in [5, 5.41) is 12.3. The maximum atomic E-state index is 11.8. The van der Waals surface area contributed by atoms with Gasteiger partial charge in [-0.1, -0.05) is 18.2 Å². The number of hydrogen-bond acceptors (Lipinski definition) is 6. The van der Waals surface area contributed by atoms with E-state index in [9.17, 15) is 4.79 Å². The maximum absolute atomic E-state index is 11.8. The number of nitrogens with one attached hydrogen (secondary N) is 1. The van der Waals surface area contributed by atoms with Gasteiger partial charge in [0, 0.05) is 17.3 Å². The topological polar surface area (TPSA) is 77.0 Å². The van der Waals surface area contributed by atoms with Crippen LogP contribution in [0.3, 0.4) is 0 Å². The number of rotatable bonds is 3. The molecule has 0 aliphatic carbocycles. The van der Waals surface area contributed by atoms with Crippen LogP contribution in [0.2, 0.25) is 0 Å². The minimum Gasteiger partial charge on any atom is -0.486 e. The number of ether oxygens (including phenoxy) is 3. The lowest BCUT2D eigenvalue weighted by Crippen LogP contribution is -2.32. The van der Waals surface area contributed by atoms with E-state index in [4.69, 9.17) is 19.3 Å². The Morgan fingerprint density at radius 1 is 1.13 bits per heavy atom. The van der Waals surface area contributed by atoms with E-state index in [2.05, 4.69) is 5.32 Å². The number of benzene rings is 2. The molecule has 6 nitrogen and oxygen atoms in total. The van der Waals surface area contributed by atoms with Crippen LogP contribution in [-0.2, 0) is 4.74 Å². The summed E-state index contributed by atoms with van der Waals surface area (Å²) in [6, 6.07) is 12.7. The number of anilines is 1. The Morgan fingerprint density at radius 2 is 2.00 bits per heavy atom. The van der Waals surface area contributed by atoms with Gasteiger partial charge in [0.1, 0.15) is 6.61 Å². The number of carbonyl (C=O) groups is 1. The van der Waals surface area contributed by atoms with Crippen molar-refractivity contribution >= 4 is 11.7 Å². The highest BCUT2D eigenvalue weighted by Crippen LogP contribution is 2.37. The molecule has 0 bridgehead atoms. The van der Waals surface area contributed by atoms with Crippen molar-refractivity contribution < 1.29 is 24.1 Å². The highest BCUT2D eigenvalue weighted by atomic mass is 16.6. The molecule has 0 aromatic heterocycles. The number of cyclic esters (lactones) is 1. The molecule has 2 aliphatic rings. The molecule has 2 aromatic carbocycles. The smallest absolute Gasteiger partial charge is 0.340 e. The Bertz CT molecular complexity index is 760. The van der Waals surface area contributed by atoms with Gasteiger partial charge in [-0.25, -0.2) is 4.79 Å². The Hall–Kier alpha value is -2.73. The highest BCUT2D eigenvalue weighted by Gasteiger charge is 2.30. The van der Waals surface area contributed by atoms with Gasteiger partial charge in [-0.2, -0.15) is 0 Å². The van der Waals surface area contributed by atoms with Crippen LogP contribution in [0.25, 0.3) is 0 Å². The van der Waals surface area contributed by atoms with Crippen LogP contribution in [0, 0.1) is 0 Å². The minimum absolute atomic E-state index is 0.0890. The summed E-state index contributed by atoms with van der Waals surface area (Å²) in [7, 11) is 0. The molecule has 2 N–H and O–H groups in total. The zero-order valence-electron chi connectivity index (χ0n) is 12.2. The summed E-state index contributed by atoms with van der Waals surface area (Å²) in [6.07, 6.45) is -0.865. The zero-order valence-corrected chi connectivity index (χ0v) is 12.2. The fourth-order valence-electron chi connectivity index (χ4n) is 2.70. The molecule has 0 amide bonds. The average Bonchev–Trinajstić information content (AvgIpc) is 2.91. The van der Waals surface area contributed by atoms with Crippen molar-refractivity contribution in [1.29, 1.82) is 0 Å². The molecular weight excluding hydrogens is 298 g/mol. The number of carbonyl (C=O) groups excluding carboxylic acids is 1. The van der Waals surface area contributed by atoms with Gasteiger partial charge in [0.25, 0.3) is 0 Å². The van der Waals surface area contributed by atoms with Gasteiger partial charge in [0.2, 0.25) is 6.23 Å². The second kappa shape index (κ2) is 5.48. The van der Waals surface area contributed by atoms with Crippen molar-refractivity contribution in [2.45, 2.75) is 12.3 Å². The van der Waals surface area contributed by atoms with Crippen LogP contribution < -0.4 is 14.8 Å². The van der Waals surface area contributed by atoms with Gasteiger partial charge in [-0.05, 0) is 18.2 Å². The molecule has 6 heteroatoms. The van der Waals surface area contributed by atoms with Crippen molar-refractivity contribution in [2.24, 2.45) is 0 Å². The number of hydrogen-bond donors (Lipinski definition) is 2. The highest BCUT2D eigenvalue weighted by molar-refractivity contribution is 5.94. The predicted octanol–water partition coefficient (Wildman–Crippen LogP) is 2.10. The summed E-state index contributed by atoms with van der Waals surface area (Å²) >= 11 is 0. The Balaban J connectivity index is 1.56. The molecule has 23 heavy (non-hydrogen) atoms. The SMILES string of the molecule is O=C1OC(Nc2ccc3c(c2)OCC(CO)O3)c2ccccc21. The molecule has 0 spiro atoms. The second-order valence-electron chi connectivity index (χ2n) is 5.41. The normalized spacial score (nSPS) is 21.5. The number of fused-ring (bicyclic) bond motifs is 2. The predicted molar refractivity (Wildman–Crippen MR) is 81.7 cm³/mol. The molecule has 2 aromatic rings. The van der Waals surface area contributed by atoms with Gasteiger partial charge >= 0.3 is 5.97 Å². The summed E-state index contributed by atoms with van der Waals surface area (Å²) in [5.41, 5.74) is 2.14. The molecule has 0 radical (unpaired) electrons. The molecule has 0 fully saturated rings. The molecule has 118 valence electrons. The first-order chi connectivity index (χ1) is 11.2. The zero-order chi connectivity index (χ0) is 15.8. The van der Waals surface area contributed by atoms with E-state index in [1.54, 1.807) is 18.2 Å². The van der Waals surface area contributed by atoms with Gasteiger partial charge in [0.15, 0.2) is 17.6 Å². The number of aliphatic hydroxyl groups is 1. The van der Waals surface area contributed by atoms with Gasteiger partial charge in [-0.3, -0.25) is 0 Å². The first-order valence-corrected chi connectivity index (χ1v) is 7.35. The molecule has 0 saturated carbocycles. The van der Waals surface area contributed by atoms with E-state index in [-0.39, 0.29) is 18.7 Å². The molecule has 4 rings (SSSR count). The van der Waals surface area contributed by atoms with E-state index in [0.717, 1.165) is 11.3 Å². The standard InChI is InChI=1S/C17H15NO5/c19-8-11-9-21-15-7-10(5-6-14(15)22-11)18-16-12-3-1-2-4-13(12)17(20)23-16/h1-7,11,16,18-19H,8-9H2. The second-order valence-corrected chi connectivity index (χ2v) is 5.41. The minimum atomic E-state index is -0.522. The third-order valence-corrected chi connectivity index (χ3v) is 3.85. The Kier molecular flexibility index (Phi) is 3.31. The lowest BCUT2D eigenvalue weighted by Gasteiger charge is -2.26. The number of aliphatic hydroxyl groups excluding tert-OH is 1. The van der Waals surface area contributed by atoms with E-state index >= 15 is 0 Å². The van der Waals surface area contributed by atoms with Crippen LogP contribution in [0.1, 0.15) is 22.1 Å². The monoisotopic (exact) mass is 313 g/mol. The molecule has 2 atom stereocenters. The molecule has 2 unspecified atom stereocenters. The van der Waals surface area contributed by atoms with Crippen molar-refractivity contribution in [1.82, 2.24) is 0 Å². The fourth-order valence-corrected chi connectivity index (χ4v) is 2.70. The summed E-state index contributed by atoms with van der Waals surface area (Å²) in [5.74, 6) is 0.850. The number of esters is 1. The molecule has 2 aliphatic heterocycles. The van der Waals surface area contributed by atoms with E-state index in [0.29, 0.717) is 23.7 Å². The summed E-state index contributed by atoms with van der Waals surface area (Å²) < 4.78 is 16.5. The Labute approximate surface area is 132 Å². The van der Waals surface area contributed by atoms with Crippen molar-refractivity contribution in [3.63, 3.8) is 0 Å². The maximum Gasteiger partial charge on any atom is 0.340 e.